The maximum absolute atomic E-state index is 12.8. The van der Waals surface area contributed by atoms with Crippen molar-refractivity contribution in [1.82, 2.24) is 0 Å². The van der Waals surface area contributed by atoms with Gasteiger partial charge in [0, 0.05) is 5.56 Å². The fraction of sp³-hybridized carbons (Fsp3) is 0.0526. The third kappa shape index (κ3) is 3.87. The summed E-state index contributed by atoms with van der Waals surface area (Å²) >= 11 is 1.10. The summed E-state index contributed by atoms with van der Waals surface area (Å²) in [5.41, 5.74) is 0.287. The number of nitrogens with zero attached hydrogens (tertiary/aromatic N) is 1. The van der Waals surface area contributed by atoms with Gasteiger partial charge in [0.05, 0.1) is 10.3 Å². The molecule has 4 rings (SSSR count). The molecule has 0 aliphatic heterocycles. The summed E-state index contributed by atoms with van der Waals surface area (Å²) < 4.78 is 44.6. The lowest BCUT2D eigenvalue weighted by molar-refractivity contribution is -0.321. The monoisotopic (exact) mass is 418 g/mol. The normalized spacial score (nSPS) is 11.6. The number of H-pyrrole nitrogens is 1. The van der Waals surface area contributed by atoms with Crippen LogP contribution in [0.4, 0.5) is 24.0 Å². The van der Waals surface area contributed by atoms with E-state index in [4.69, 9.17) is 4.42 Å². The lowest BCUT2D eigenvalue weighted by atomic mass is 10.1. The number of fused-ring (bicyclic) bond motifs is 1. The van der Waals surface area contributed by atoms with Crippen molar-refractivity contribution < 1.29 is 27.4 Å². The van der Waals surface area contributed by atoms with Gasteiger partial charge in [-0.2, -0.15) is 18.5 Å². The van der Waals surface area contributed by atoms with Gasteiger partial charge >= 0.3 is 17.2 Å². The van der Waals surface area contributed by atoms with E-state index >= 15 is 0 Å². The Morgan fingerprint density at radius 2 is 1.93 bits per heavy atom. The molecule has 2 aromatic carbocycles. The van der Waals surface area contributed by atoms with Crippen LogP contribution < -0.4 is 10.3 Å². The van der Waals surface area contributed by atoms with E-state index in [1.54, 1.807) is 18.2 Å². The molecule has 0 spiro atoms. The number of anilines is 1. The number of alkyl halides is 3. The van der Waals surface area contributed by atoms with Crippen LogP contribution in [0.3, 0.4) is 0 Å². The van der Waals surface area contributed by atoms with Gasteiger partial charge < -0.3 is 4.42 Å². The molecule has 0 unspecified atom stereocenters. The maximum Gasteiger partial charge on any atom is 0.416 e. The smallest absolute Gasteiger partial charge is 0.416 e. The van der Waals surface area contributed by atoms with E-state index in [1.165, 1.54) is 24.3 Å². The molecule has 2 heterocycles. The van der Waals surface area contributed by atoms with Crippen LogP contribution in [0.5, 0.6) is 0 Å². The molecule has 10 heteroatoms. The number of hydrogen-bond donors (Lipinski definition) is 1. The maximum atomic E-state index is 12.8. The molecule has 2 N–H and O–H groups in total. The van der Waals surface area contributed by atoms with E-state index in [-0.39, 0.29) is 22.1 Å². The quantitative estimate of drug-likeness (QED) is 0.435. The lowest BCUT2D eigenvalue weighted by Gasteiger charge is -2.04. The number of aromatic nitrogens is 1. The first-order valence-corrected chi connectivity index (χ1v) is 9.03. The minimum Gasteiger partial charge on any atom is -0.448 e. The number of halogens is 3. The van der Waals surface area contributed by atoms with Gasteiger partial charge in [-0.05, 0) is 59.0 Å². The minimum absolute atomic E-state index is 0.00584. The number of thiazole rings is 1. The van der Waals surface area contributed by atoms with E-state index in [1.807, 2.05) is 0 Å². The van der Waals surface area contributed by atoms with E-state index in [2.05, 4.69) is 15.5 Å². The highest BCUT2D eigenvalue weighted by atomic mass is 32.1. The predicted octanol–water partition coefficient (Wildman–Crippen LogP) is 5.64. The zero-order chi connectivity index (χ0) is 20.6. The molecule has 1 amide bonds. The molecule has 0 aliphatic rings. The fourth-order valence-corrected chi connectivity index (χ4v) is 3.58. The Morgan fingerprint density at radius 1 is 1.10 bits per heavy atom. The zero-order valence-corrected chi connectivity index (χ0v) is 15.2. The van der Waals surface area contributed by atoms with Crippen molar-refractivity contribution in [1.29, 1.82) is 0 Å². The summed E-state index contributed by atoms with van der Waals surface area (Å²) in [5.74, 6) is -0.193. The first-order valence-electron chi connectivity index (χ1n) is 8.21. The number of furan rings is 1. The Morgan fingerprint density at radius 3 is 2.69 bits per heavy atom. The summed E-state index contributed by atoms with van der Waals surface area (Å²) in [5, 5.41) is 5.70. The number of nitrogens with one attached hydrogen (secondary N) is 2. The lowest BCUT2D eigenvalue weighted by Crippen LogP contribution is -2.16. The Balaban J connectivity index is 1.55. The van der Waals surface area contributed by atoms with E-state index in [9.17, 15) is 22.9 Å². The van der Waals surface area contributed by atoms with Gasteiger partial charge in [0.2, 0.25) is 5.76 Å². The number of aromatic amines is 1. The molecule has 0 bridgehead atoms. The second kappa shape index (κ2) is 7.13. The Bertz CT molecular complexity index is 1230. The molecular weight excluding hydrogens is 407 g/mol. The van der Waals surface area contributed by atoms with E-state index in [0.29, 0.717) is 16.0 Å². The molecule has 0 saturated carbocycles. The molecule has 0 fully saturated rings. The van der Waals surface area contributed by atoms with Gasteiger partial charge in [-0.3, -0.25) is 0 Å². The largest absolute Gasteiger partial charge is 0.448 e. The van der Waals surface area contributed by atoms with Crippen molar-refractivity contribution in [3.63, 3.8) is 0 Å². The van der Waals surface area contributed by atoms with Crippen molar-refractivity contribution in [2.75, 3.05) is 5.32 Å². The highest BCUT2D eigenvalue weighted by Crippen LogP contribution is 2.33. The van der Waals surface area contributed by atoms with Crippen LogP contribution in [0.25, 0.3) is 21.5 Å². The standard InChI is InChI=1S/C19H10F3N3O3S/c20-19(21,22)11-4-7-16-13(9-11)23-18(29-16)24-17(26)15-6-5-14(28-15)10-2-1-3-12(8-10)25-27/h1-9H,(H,23,24,26)/p+1. The van der Waals surface area contributed by atoms with Crippen LogP contribution in [0.15, 0.2) is 64.2 Å². The Kier molecular flexibility index (Phi) is 4.63. The molecule has 29 heavy (non-hydrogen) atoms. The van der Waals surface area contributed by atoms with E-state index in [0.717, 1.165) is 23.5 Å². The first-order chi connectivity index (χ1) is 13.8. The Labute approximate surface area is 165 Å². The summed E-state index contributed by atoms with van der Waals surface area (Å²) in [6.45, 7) is 0. The highest BCUT2D eigenvalue weighted by molar-refractivity contribution is 7.21. The van der Waals surface area contributed by atoms with Gasteiger partial charge in [-0.25, -0.2) is 9.78 Å². The topological polar surface area (TPSA) is 85.8 Å². The average Bonchev–Trinajstić information content (AvgIpc) is 3.33. The molecule has 2 aromatic heterocycles. The molecule has 146 valence electrons. The average molecular weight is 418 g/mol. The van der Waals surface area contributed by atoms with Crippen LogP contribution >= 0.6 is 11.3 Å². The van der Waals surface area contributed by atoms with Crippen LogP contribution in [0.1, 0.15) is 16.1 Å². The summed E-state index contributed by atoms with van der Waals surface area (Å²) in [6.07, 6.45) is -4.45. The summed E-state index contributed by atoms with van der Waals surface area (Å²) in [6, 6.07) is 12.7. The number of rotatable bonds is 4. The number of hydrogen-bond acceptors (Lipinski definition) is 5. The van der Waals surface area contributed by atoms with Crippen molar-refractivity contribution in [2.24, 2.45) is 5.18 Å². The molecular formula is C19H11F3N3O3S+. The summed E-state index contributed by atoms with van der Waals surface area (Å²) in [7, 11) is 0. The SMILES string of the molecule is O=Nc1cccc(-c2ccc(C(=O)Nc3[nH+]c4cc(C(F)(F)F)ccc4s3)o2)c1. The number of carbonyl (C=O) groups excluding carboxylic acids is 1. The number of carbonyl (C=O) groups is 1. The first kappa shape index (κ1) is 18.8. The van der Waals surface area contributed by atoms with E-state index < -0.39 is 17.6 Å². The molecule has 0 saturated heterocycles. The minimum atomic E-state index is -4.45. The van der Waals surface area contributed by atoms with Crippen molar-refractivity contribution in [3.05, 3.63) is 70.8 Å². The number of nitroso groups, excluding NO2 is 1. The molecule has 0 aliphatic carbocycles. The van der Waals surface area contributed by atoms with Crippen LogP contribution in [0, 0.1) is 4.91 Å². The van der Waals surface area contributed by atoms with Crippen molar-refractivity contribution in [2.45, 2.75) is 6.18 Å². The molecule has 0 radical (unpaired) electrons. The molecule has 0 atom stereocenters. The van der Waals surface area contributed by atoms with Crippen molar-refractivity contribution in [3.8, 4) is 11.3 Å². The van der Waals surface area contributed by atoms with Gasteiger partial charge in [-0.15, -0.1) is 4.91 Å². The second-order valence-corrected chi connectivity index (χ2v) is 7.08. The third-order valence-corrected chi connectivity index (χ3v) is 5.04. The third-order valence-electron chi connectivity index (χ3n) is 4.06. The molecule has 4 aromatic rings. The number of benzene rings is 2. The van der Waals surface area contributed by atoms with Crippen LogP contribution in [0.2, 0.25) is 0 Å². The van der Waals surface area contributed by atoms with Gasteiger partial charge in [-0.1, -0.05) is 12.1 Å². The van der Waals surface area contributed by atoms with Gasteiger partial charge in [0.15, 0.2) is 0 Å². The summed E-state index contributed by atoms with van der Waals surface area (Å²) in [4.78, 5) is 25.8. The van der Waals surface area contributed by atoms with Crippen LogP contribution in [-0.4, -0.2) is 5.91 Å². The van der Waals surface area contributed by atoms with Gasteiger partial charge in [0.25, 0.3) is 0 Å². The fourth-order valence-electron chi connectivity index (χ4n) is 2.70. The molecule has 6 nitrogen and oxygen atoms in total. The zero-order valence-electron chi connectivity index (χ0n) is 14.4. The Hall–Kier alpha value is -3.53. The van der Waals surface area contributed by atoms with Gasteiger partial charge in [0.1, 0.15) is 17.0 Å². The highest BCUT2D eigenvalue weighted by Gasteiger charge is 2.31. The van der Waals surface area contributed by atoms with Crippen LogP contribution in [-0.2, 0) is 6.18 Å². The van der Waals surface area contributed by atoms with Crippen molar-refractivity contribution >= 4 is 38.3 Å². The number of amides is 1. The predicted molar refractivity (Wildman–Crippen MR) is 101 cm³/mol. The second-order valence-electron chi connectivity index (χ2n) is 6.02.